The first-order chi connectivity index (χ1) is 8.72. The van der Waals surface area contributed by atoms with E-state index in [1.165, 1.54) is 6.33 Å². The molecule has 3 atom stereocenters. The Balaban J connectivity index is 1.57. The first-order valence-corrected chi connectivity index (χ1v) is 6.46. The van der Waals surface area contributed by atoms with Crippen molar-refractivity contribution in [2.75, 3.05) is 0 Å². The van der Waals surface area contributed by atoms with E-state index in [-0.39, 0.29) is 11.8 Å². The summed E-state index contributed by atoms with van der Waals surface area (Å²) in [4.78, 5) is 20.3. The van der Waals surface area contributed by atoms with Gasteiger partial charge in [0.25, 0.3) is 0 Å². The highest BCUT2D eigenvalue weighted by Gasteiger charge is 2.39. The number of carbonyl (C=O) groups is 1. The Hall–Kier alpha value is -1.71. The molecule has 4 heteroatoms. The average Bonchev–Trinajstić information content (AvgIpc) is 2.98. The topological polar surface area (TPSA) is 54.9 Å². The molecule has 3 rings (SSSR count). The van der Waals surface area contributed by atoms with Crippen molar-refractivity contribution < 1.29 is 4.79 Å². The fraction of sp³-hybridized carbons (Fsp3) is 0.500. The minimum Gasteiger partial charge on any atom is -0.350 e. The molecule has 1 saturated carbocycles. The van der Waals surface area contributed by atoms with Gasteiger partial charge in [-0.3, -0.25) is 4.79 Å². The highest BCUT2D eigenvalue weighted by Crippen LogP contribution is 2.43. The number of fused-ring (bicyclic) bond motifs is 2. The van der Waals surface area contributed by atoms with Crippen LogP contribution in [-0.2, 0) is 11.3 Å². The van der Waals surface area contributed by atoms with Gasteiger partial charge in [0.05, 0.1) is 12.2 Å². The van der Waals surface area contributed by atoms with Crippen LogP contribution in [0.5, 0.6) is 0 Å². The molecule has 1 fully saturated rings. The molecule has 0 spiro atoms. The largest absolute Gasteiger partial charge is 0.350 e. The van der Waals surface area contributed by atoms with Gasteiger partial charge >= 0.3 is 0 Å². The average molecular weight is 243 g/mol. The van der Waals surface area contributed by atoms with Crippen LogP contribution in [0.4, 0.5) is 0 Å². The molecule has 1 heterocycles. The van der Waals surface area contributed by atoms with E-state index in [0.717, 1.165) is 24.2 Å². The van der Waals surface area contributed by atoms with Crippen molar-refractivity contribution in [1.29, 1.82) is 0 Å². The lowest BCUT2D eigenvalue weighted by molar-refractivity contribution is -0.125. The van der Waals surface area contributed by atoms with Crippen molar-refractivity contribution in [3.63, 3.8) is 0 Å². The van der Waals surface area contributed by atoms with Crippen LogP contribution in [-0.4, -0.2) is 15.9 Å². The predicted octanol–water partition coefficient (Wildman–Crippen LogP) is 1.61. The van der Waals surface area contributed by atoms with Crippen molar-refractivity contribution in [1.82, 2.24) is 15.3 Å². The number of hydrogen-bond acceptors (Lipinski definition) is 3. The molecular weight excluding hydrogens is 226 g/mol. The van der Waals surface area contributed by atoms with Gasteiger partial charge < -0.3 is 5.32 Å². The zero-order chi connectivity index (χ0) is 12.5. The van der Waals surface area contributed by atoms with E-state index in [2.05, 4.69) is 27.4 Å². The zero-order valence-electron chi connectivity index (χ0n) is 10.5. The van der Waals surface area contributed by atoms with E-state index < -0.39 is 0 Å². The van der Waals surface area contributed by atoms with Gasteiger partial charge in [-0.25, -0.2) is 9.97 Å². The van der Waals surface area contributed by atoms with E-state index in [1.807, 2.05) is 13.0 Å². The van der Waals surface area contributed by atoms with Crippen LogP contribution in [0.1, 0.15) is 24.2 Å². The molecule has 94 valence electrons. The van der Waals surface area contributed by atoms with E-state index >= 15 is 0 Å². The molecule has 2 aliphatic carbocycles. The third-order valence-electron chi connectivity index (χ3n) is 3.92. The molecule has 1 N–H and O–H groups in total. The van der Waals surface area contributed by atoms with Crippen LogP contribution < -0.4 is 5.32 Å². The summed E-state index contributed by atoms with van der Waals surface area (Å²) in [6, 6.07) is 1.90. The zero-order valence-corrected chi connectivity index (χ0v) is 10.5. The first-order valence-electron chi connectivity index (χ1n) is 6.46. The van der Waals surface area contributed by atoms with E-state index in [4.69, 9.17) is 0 Å². The van der Waals surface area contributed by atoms with Crippen molar-refractivity contribution >= 4 is 5.91 Å². The number of aromatic nitrogens is 2. The number of allylic oxidation sites excluding steroid dienone is 2. The number of amides is 1. The van der Waals surface area contributed by atoms with Crippen LogP contribution in [0.3, 0.4) is 0 Å². The molecule has 3 unspecified atom stereocenters. The van der Waals surface area contributed by atoms with Crippen molar-refractivity contribution in [3.8, 4) is 0 Å². The third kappa shape index (κ3) is 2.15. The lowest BCUT2D eigenvalue weighted by Gasteiger charge is -2.17. The van der Waals surface area contributed by atoms with Gasteiger partial charge in [0, 0.05) is 11.6 Å². The maximum Gasteiger partial charge on any atom is 0.224 e. The standard InChI is InChI=1S/C14H17N3O/c1-9-4-12(17-8-16-9)7-15-14(18)13-6-10-2-3-11(13)5-10/h2-4,8,10-11,13H,5-7H2,1H3,(H,15,18). The van der Waals surface area contributed by atoms with Crippen molar-refractivity contribution in [2.24, 2.45) is 17.8 Å². The summed E-state index contributed by atoms with van der Waals surface area (Å²) in [7, 11) is 0. The molecule has 2 aliphatic rings. The lowest BCUT2D eigenvalue weighted by Crippen LogP contribution is -2.32. The molecule has 0 radical (unpaired) electrons. The van der Waals surface area contributed by atoms with Gasteiger partial charge in [-0.15, -0.1) is 0 Å². The quantitative estimate of drug-likeness (QED) is 0.821. The number of hydrogen-bond donors (Lipinski definition) is 1. The van der Waals surface area contributed by atoms with Crippen LogP contribution in [0.25, 0.3) is 0 Å². The predicted molar refractivity (Wildman–Crippen MR) is 67.5 cm³/mol. The number of rotatable bonds is 3. The van der Waals surface area contributed by atoms with Gasteiger partial charge in [0.15, 0.2) is 0 Å². The molecule has 0 saturated heterocycles. The van der Waals surface area contributed by atoms with E-state index in [1.54, 1.807) is 0 Å². The maximum atomic E-state index is 12.1. The second kappa shape index (κ2) is 4.52. The molecular formula is C14H17N3O. The summed E-state index contributed by atoms with van der Waals surface area (Å²) in [6.07, 6.45) is 8.16. The normalized spacial score (nSPS) is 28.6. The smallest absolute Gasteiger partial charge is 0.224 e. The van der Waals surface area contributed by atoms with Crippen LogP contribution in [0.2, 0.25) is 0 Å². The molecule has 2 bridgehead atoms. The Labute approximate surface area is 107 Å². The number of aryl methyl sites for hydroxylation is 1. The van der Waals surface area contributed by atoms with Crippen molar-refractivity contribution in [2.45, 2.75) is 26.3 Å². The highest BCUT2D eigenvalue weighted by atomic mass is 16.1. The first kappa shape index (κ1) is 11.4. The fourth-order valence-corrected chi connectivity index (χ4v) is 3.00. The number of nitrogens with one attached hydrogen (secondary N) is 1. The van der Waals surface area contributed by atoms with Gasteiger partial charge in [0.1, 0.15) is 6.33 Å². The molecule has 0 aromatic carbocycles. The minimum absolute atomic E-state index is 0.169. The Kier molecular flexibility index (Phi) is 2.86. The summed E-state index contributed by atoms with van der Waals surface area (Å²) in [5, 5.41) is 2.99. The SMILES string of the molecule is Cc1cc(CNC(=O)C2CC3C=CC2C3)ncn1. The summed E-state index contributed by atoms with van der Waals surface area (Å²) in [5.74, 6) is 1.43. The summed E-state index contributed by atoms with van der Waals surface area (Å²) >= 11 is 0. The third-order valence-corrected chi connectivity index (χ3v) is 3.92. The molecule has 0 aliphatic heterocycles. The monoisotopic (exact) mass is 243 g/mol. The van der Waals surface area contributed by atoms with Gasteiger partial charge in [0.2, 0.25) is 5.91 Å². The van der Waals surface area contributed by atoms with E-state index in [0.29, 0.717) is 18.4 Å². The Morgan fingerprint density at radius 1 is 1.39 bits per heavy atom. The maximum absolute atomic E-state index is 12.1. The summed E-state index contributed by atoms with van der Waals surface area (Å²) in [6.45, 7) is 2.42. The van der Waals surface area contributed by atoms with Gasteiger partial charge in [-0.2, -0.15) is 0 Å². The summed E-state index contributed by atoms with van der Waals surface area (Å²) < 4.78 is 0. The second-order valence-corrected chi connectivity index (χ2v) is 5.26. The number of carbonyl (C=O) groups excluding carboxylic acids is 1. The fourth-order valence-electron chi connectivity index (χ4n) is 3.00. The molecule has 1 aromatic heterocycles. The summed E-state index contributed by atoms with van der Waals surface area (Å²) in [5.41, 5.74) is 1.80. The van der Waals surface area contributed by atoms with Crippen LogP contribution in [0.15, 0.2) is 24.5 Å². The van der Waals surface area contributed by atoms with Crippen LogP contribution >= 0.6 is 0 Å². The van der Waals surface area contributed by atoms with Crippen LogP contribution in [0, 0.1) is 24.7 Å². The molecule has 1 aromatic rings. The Morgan fingerprint density at radius 3 is 2.94 bits per heavy atom. The van der Waals surface area contributed by atoms with Gasteiger partial charge in [-0.1, -0.05) is 12.2 Å². The Morgan fingerprint density at radius 2 is 2.28 bits per heavy atom. The number of nitrogens with zero attached hydrogens (tertiary/aromatic N) is 2. The molecule has 18 heavy (non-hydrogen) atoms. The Bertz CT molecular complexity index is 498. The lowest BCUT2D eigenvalue weighted by atomic mass is 9.93. The van der Waals surface area contributed by atoms with Crippen molar-refractivity contribution in [3.05, 3.63) is 35.9 Å². The van der Waals surface area contributed by atoms with E-state index in [9.17, 15) is 4.79 Å². The molecule has 4 nitrogen and oxygen atoms in total. The second-order valence-electron chi connectivity index (χ2n) is 5.26. The van der Waals surface area contributed by atoms with Gasteiger partial charge in [-0.05, 0) is 37.7 Å². The minimum atomic E-state index is 0.169. The highest BCUT2D eigenvalue weighted by molar-refractivity contribution is 5.79. The molecule has 1 amide bonds.